The largest absolute Gasteiger partial charge is 0.493 e. The molecular weight excluding hydrogens is 354 g/mol. The summed E-state index contributed by atoms with van der Waals surface area (Å²) in [4.78, 5) is 16.8. The highest BCUT2D eigenvalue weighted by Crippen LogP contribution is 2.30. The zero-order chi connectivity index (χ0) is 20.1. The predicted molar refractivity (Wildman–Crippen MR) is 111 cm³/mol. The number of carbonyl (C=O) groups excluding carboxylic acids is 1. The van der Waals surface area contributed by atoms with Crippen molar-refractivity contribution in [3.8, 4) is 11.5 Å². The van der Waals surface area contributed by atoms with Crippen LogP contribution in [0.4, 0.5) is 17.1 Å². The Hall–Kier alpha value is -3.54. The maximum atomic E-state index is 12.6. The monoisotopic (exact) mass is 377 g/mol. The molecular formula is C22H23N3O3. The van der Waals surface area contributed by atoms with Crippen LogP contribution in [0.25, 0.3) is 0 Å². The topological polar surface area (TPSA) is 72.5 Å². The normalized spacial score (nSPS) is 10.3. The molecule has 0 atom stereocenters. The fourth-order valence-electron chi connectivity index (χ4n) is 2.78. The highest BCUT2D eigenvalue weighted by molar-refractivity contribution is 6.03. The molecule has 0 aliphatic rings. The van der Waals surface area contributed by atoms with Gasteiger partial charge in [-0.2, -0.15) is 0 Å². The summed E-state index contributed by atoms with van der Waals surface area (Å²) in [7, 11) is 3.11. The van der Waals surface area contributed by atoms with Crippen LogP contribution < -0.4 is 20.1 Å². The van der Waals surface area contributed by atoms with Crippen molar-refractivity contribution in [1.82, 2.24) is 4.98 Å². The van der Waals surface area contributed by atoms with Crippen molar-refractivity contribution in [1.29, 1.82) is 0 Å². The second-order valence-corrected chi connectivity index (χ2v) is 6.33. The molecule has 0 saturated heterocycles. The fraction of sp³-hybridized carbons (Fsp3) is 0.182. The molecule has 2 N–H and O–H groups in total. The summed E-state index contributed by atoms with van der Waals surface area (Å²) < 4.78 is 10.5. The van der Waals surface area contributed by atoms with E-state index >= 15 is 0 Å². The number of nitrogens with one attached hydrogen (secondary N) is 2. The zero-order valence-corrected chi connectivity index (χ0v) is 16.4. The van der Waals surface area contributed by atoms with Crippen LogP contribution in [0.1, 0.15) is 21.6 Å². The van der Waals surface area contributed by atoms with Gasteiger partial charge in [0.25, 0.3) is 5.91 Å². The van der Waals surface area contributed by atoms with E-state index in [2.05, 4.69) is 35.5 Å². The van der Waals surface area contributed by atoms with Gasteiger partial charge in [0.05, 0.1) is 14.2 Å². The first-order valence-electron chi connectivity index (χ1n) is 8.84. The number of amides is 1. The molecule has 144 valence electrons. The first-order valence-corrected chi connectivity index (χ1v) is 8.84. The summed E-state index contributed by atoms with van der Waals surface area (Å²) in [5.74, 6) is 0.828. The number of benzene rings is 2. The number of aromatic nitrogens is 1. The number of nitrogens with zero attached hydrogens (tertiary/aromatic N) is 1. The van der Waals surface area contributed by atoms with Gasteiger partial charge < -0.3 is 20.1 Å². The lowest BCUT2D eigenvalue weighted by Gasteiger charge is -2.13. The van der Waals surface area contributed by atoms with Crippen LogP contribution in [-0.2, 0) is 0 Å². The number of methoxy groups -OCH3 is 2. The van der Waals surface area contributed by atoms with Crippen molar-refractivity contribution in [3.05, 3.63) is 71.5 Å². The van der Waals surface area contributed by atoms with Gasteiger partial charge in [-0.1, -0.05) is 12.1 Å². The highest BCUT2D eigenvalue weighted by atomic mass is 16.5. The number of carbonyl (C=O) groups is 1. The van der Waals surface area contributed by atoms with E-state index in [0.717, 1.165) is 16.9 Å². The summed E-state index contributed by atoms with van der Waals surface area (Å²) in [5, 5.41) is 6.18. The van der Waals surface area contributed by atoms with E-state index in [4.69, 9.17) is 9.47 Å². The second-order valence-electron chi connectivity index (χ2n) is 6.33. The van der Waals surface area contributed by atoms with E-state index in [1.807, 2.05) is 18.2 Å². The number of ether oxygens (including phenoxy) is 2. The number of aryl methyl sites for hydroxylation is 1. The molecule has 28 heavy (non-hydrogen) atoms. The van der Waals surface area contributed by atoms with Gasteiger partial charge in [0.1, 0.15) is 5.69 Å². The van der Waals surface area contributed by atoms with E-state index in [1.54, 1.807) is 44.7 Å². The van der Waals surface area contributed by atoms with Gasteiger partial charge in [0.2, 0.25) is 0 Å². The molecule has 0 fully saturated rings. The number of hydrogen-bond acceptors (Lipinski definition) is 5. The van der Waals surface area contributed by atoms with Crippen molar-refractivity contribution < 1.29 is 14.3 Å². The van der Waals surface area contributed by atoms with Gasteiger partial charge >= 0.3 is 0 Å². The summed E-state index contributed by atoms with van der Waals surface area (Å²) in [6.45, 7) is 4.12. The van der Waals surface area contributed by atoms with Gasteiger partial charge in [-0.25, -0.2) is 0 Å². The average Bonchev–Trinajstić information content (AvgIpc) is 2.71. The highest BCUT2D eigenvalue weighted by Gasteiger charge is 2.11. The molecule has 2 aromatic carbocycles. The van der Waals surface area contributed by atoms with E-state index < -0.39 is 0 Å². The lowest BCUT2D eigenvalue weighted by Crippen LogP contribution is -2.14. The lowest BCUT2D eigenvalue weighted by molar-refractivity contribution is 0.102. The van der Waals surface area contributed by atoms with Crippen LogP contribution in [0.5, 0.6) is 11.5 Å². The quantitative estimate of drug-likeness (QED) is 0.651. The Morgan fingerprint density at radius 2 is 1.71 bits per heavy atom. The molecule has 3 aromatic rings. The molecule has 3 rings (SSSR count). The van der Waals surface area contributed by atoms with Crippen LogP contribution >= 0.6 is 0 Å². The lowest BCUT2D eigenvalue weighted by atomic mass is 10.1. The molecule has 0 unspecified atom stereocenters. The molecule has 1 amide bonds. The van der Waals surface area contributed by atoms with Crippen molar-refractivity contribution in [2.24, 2.45) is 0 Å². The molecule has 0 spiro atoms. The number of rotatable bonds is 6. The van der Waals surface area contributed by atoms with E-state index in [-0.39, 0.29) is 5.91 Å². The van der Waals surface area contributed by atoms with Crippen LogP contribution in [0.15, 0.2) is 54.7 Å². The Balaban J connectivity index is 1.78. The van der Waals surface area contributed by atoms with Crippen LogP contribution in [0, 0.1) is 13.8 Å². The Morgan fingerprint density at radius 1 is 0.929 bits per heavy atom. The van der Waals surface area contributed by atoms with Crippen molar-refractivity contribution in [2.75, 3.05) is 24.9 Å². The SMILES string of the molecule is COc1ccc(NC(=O)c2cc(Nc3cccc(C)c3C)ccn2)cc1OC. The van der Waals surface area contributed by atoms with Crippen LogP contribution in [0.2, 0.25) is 0 Å². The van der Waals surface area contributed by atoms with E-state index in [9.17, 15) is 4.79 Å². The van der Waals surface area contributed by atoms with Gasteiger partial charge in [-0.15, -0.1) is 0 Å². The molecule has 6 heteroatoms. The summed E-state index contributed by atoms with van der Waals surface area (Å²) >= 11 is 0. The number of pyridine rings is 1. The first kappa shape index (κ1) is 19.2. The number of anilines is 3. The minimum Gasteiger partial charge on any atom is -0.493 e. The maximum absolute atomic E-state index is 12.6. The van der Waals surface area contributed by atoms with Gasteiger partial charge in [-0.05, 0) is 55.3 Å². The standard InChI is InChI=1S/C22H23N3O3/c1-14-6-5-7-18(15(14)2)24-17-10-11-23-19(12-17)22(26)25-16-8-9-20(27-3)21(13-16)28-4/h5-13H,1-4H3,(H,23,24)(H,25,26). The Bertz CT molecular complexity index is 1000. The molecule has 0 bridgehead atoms. The first-order chi connectivity index (χ1) is 13.5. The minimum atomic E-state index is -0.308. The summed E-state index contributed by atoms with van der Waals surface area (Å²) in [5.41, 5.74) is 5.06. The van der Waals surface area contributed by atoms with Gasteiger partial charge in [0, 0.05) is 29.3 Å². The average molecular weight is 377 g/mol. The molecule has 0 aliphatic heterocycles. The van der Waals surface area contributed by atoms with Crippen LogP contribution in [-0.4, -0.2) is 25.1 Å². The van der Waals surface area contributed by atoms with Crippen molar-refractivity contribution in [3.63, 3.8) is 0 Å². The fourth-order valence-corrected chi connectivity index (χ4v) is 2.78. The number of hydrogen-bond donors (Lipinski definition) is 2. The molecule has 0 saturated carbocycles. The Morgan fingerprint density at radius 3 is 2.46 bits per heavy atom. The summed E-state index contributed by atoms with van der Waals surface area (Å²) in [6.07, 6.45) is 1.61. The van der Waals surface area contributed by atoms with Crippen LogP contribution in [0.3, 0.4) is 0 Å². The van der Waals surface area contributed by atoms with E-state index in [1.165, 1.54) is 5.56 Å². The Kier molecular flexibility index (Phi) is 5.79. The minimum absolute atomic E-state index is 0.308. The van der Waals surface area contributed by atoms with Gasteiger partial charge in [0.15, 0.2) is 11.5 Å². The third-order valence-electron chi connectivity index (χ3n) is 4.52. The Labute approximate surface area is 164 Å². The summed E-state index contributed by atoms with van der Waals surface area (Å²) in [6, 6.07) is 14.8. The predicted octanol–water partition coefficient (Wildman–Crippen LogP) is 4.71. The maximum Gasteiger partial charge on any atom is 0.274 e. The van der Waals surface area contributed by atoms with Crippen molar-refractivity contribution >= 4 is 23.0 Å². The second kappa shape index (κ2) is 8.43. The zero-order valence-electron chi connectivity index (χ0n) is 16.4. The molecule has 1 heterocycles. The molecule has 6 nitrogen and oxygen atoms in total. The van der Waals surface area contributed by atoms with Gasteiger partial charge in [-0.3, -0.25) is 9.78 Å². The van der Waals surface area contributed by atoms with E-state index in [0.29, 0.717) is 22.9 Å². The third-order valence-corrected chi connectivity index (χ3v) is 4.52. The molecule has 0 aliphatic carbocycles. The smallest absolute Gasteiger partial charge is 0.274 e. The molecule has 0 radical (unpaired) electrons. The third kappa shape index (κ3) is 4.23. The van der Waals surface area contributed by atoms with Crippen molar-refractivity contribution in [2.45, 2.75) is 13.8 Å². The molecule has 1 aromatic heterocycles.